The molecule has 2 bridgehead atoms. The molecule has 4 heteroatoms. The quantitative estimate of drug-likeness (QED) is 0.826. The molecule has 0 aromatic heterocycles. The highest BCUT2D eigenvalue weighted by Crippen LogP contribution is 2.28. The molecule has 0 radical (unpaired) electrons. The Morgan fingerprint density at radius 2 is 2.00 bits per heavy atom. The van der Waals surface area contributed by atoms with Crippen molar-refractivity contribution in [2.45, 2.75) is 31.6 Å². The fourth-order valence-electron chi connectivity index (χ4n) is 2.98. The fourth-order valence-corrected chi connectivity index (χ4v) is 2.98. The van der Waals surface area contributed by atoms with Gasteiger partial charge < -0.3 is 15.2 Å². The van der Waals surface area contributed by atoms with Gasteiger partial charge in [-0.1, -0.05) is 0 Å². The minimum absolute atomic E-state index is 0.437. The molecule has 2 fully saturated rings. The molecule has 1 aromatic carbocycles. The zero-order valence-electron chi connectivity index (χ0n) is 10.8. The van der Waals surface area contributed by atoms with Crippen LogP contribution in [0, 0.1) is 0 Å². The Morgan fingerprint density at radius 3 is 2.67 bits per heavy atom. The molecule has 0 aliphatic carbocycles. The van der Waals surface area contributed by atoms with Crippen LogP contribution in [0.4, 0.5) is 5.69 Å². The van der Waals surface area contributed by atoms with Gasteiger partial charge in [-0.3, -0.25) is 4.90 Å². The average Bonchev–Trinajstić information content (AvgIpc) is 2.68. The second-order valence-electron chi connectivity index (χ2n) is 5.27. The molecule has 1 aromatic rings. The molecule has 0 spiro atoms. The summed E-state index contributed by atoms with van der Waals surface area (Å²) < 4.78 is 11.1. The summed E-state index contributed by atoms with van der Waals surface area (Å²) in [6.07, 6.45) is 3.29. The molecule has 2 aliphatic heterocycles. The van der Waals surface area contributed by atoms with Crippen molar-refractivity contribution in [1.82, 2.24) is 4.90 Å². The van der Waals surface area contributed by atoms with Gasteiger partial charge >= 0.3 is 0 Å². The van der Waals surface area contributed by atoms with E-state index in [-0.39, 0.29) is 0 Å². The lowest BCUT2D eigenvalue weighted by atomic mass is 10.1. The molecule has 4 nitrogen and oxygen atoms in total. The van der Waals surface area contributed by atoms with E-state index in [4.69, 9.17) is 15.2 Å². The zero-order chi connectivity index (χ0) is 12.5. The number of hydrogen-bond donors (Lipinski definition) is 1. The predicted octanol–water partition coefficient (Wildman–Crippen LogP) is 1.64. The average molecular weight is 248 g/mol. The number of anilines is 1. The van der Waals surface area contributed by atoms with E-state index in [1.54, 1.807) is 7.11 Å². The highest BCUT2D eigenvalue weighted by atomic mass is 16.5. The molecule has 2 N–H and O–H groups in total. The summed E-state index contributed by atoms with van der Waals surface area (Å²) in [4.78, 5) is 2.46. The van der Waals surface area contributed by atoms with E-state index in [1.807, 2.05) is 12.1 Å². The molecule has 18 heavy (non-hydrogen) atoms. The first-order valence-corrected chi connectivity index (χ1v) is 6.54. The van der Waals surface area contributed by atoms with Crippen LogP contribution < -0.4 is 10.5 Å². The normalized spacial score (nSPS) is 27.4. The van der Waals surface area contributed by atoms with Gasteiger partial charge in [-0.05, 0) is 30.5 Å². The van der Waals surface area contributed by atoms with Crippen LogP contribution in [0.25, 0.3) is 0 Å². The smallest absolute Gasteiger partial charge is 0.121 e. The first-order chi connectivity index (χ1) is 8.72. The third-order valence-corrected chi connectivity index (χ3v) is 3.75. The van der Waals surface area contributed by atoms with Gasteiger partial charge in [0.05, 0.1) is 19.3 Å². The van der Waals surface area contributed by atoms with E-state index in [9.17, 15) is 0 Å². The van der Waals surface area contributed by atoms with Gasteiger partial charge in [-0.15, -0.1) is 0 Å². The van der Waals surface area contributed by atoms with Crippen LogP contribution >= 0.6 is 0 Å². The number of nitrogens with two attached hydrogens (primary N) is 1. The van der Waals surface area contributed by atoms with E-state index in [0.717, 1.165) is 31.1 Å². The number of morpholine rings is 1. The van der Waals surface area contributed by atoms with Crippen molar-refractivity contribution >= 4 is 5.69 Å². The summed E-state index contributed by atoms with van der Waals surface area (Å²) in [5, 5.41) is 0. The van der Waals surface area contributed by atoms with Crippen LogP contribution in [0.5, 0.6) is 5.75 Å². The van der Waals surface area contributed by atoms with E-state index in [0.29, 0.717) is 12.2 Å². The summed E-state index contributed by atoms with van der Waals surface area (Å²) in [6, 6.07) is 5.94. The summed E-state index contributed by atoms with van der Waals surface area (Å²) in [6.45, 7) is 3.00. The number of nitrogens with zero attached hydrogens (tertiary/aromatic N) is 1. The molecular formula is C14H20N2O2. The van der Waals surface area contributed by atoms with Crippen LogP contribution in [0.2, 0.25) is 0 Å². The predicted molar refractivity (Wildman–Crippen MR) is 70.6 cm³/mol. The van der Waals surface area contributed by atoms with E-state index in [1.165, 1.54) is 18.4 Å². The van der Waals surface area contributed by atoms with Crippen molar-refractivity contribution in [1.29, 1.82) is 0 Å². The van der Waals surface area contributed by atoms with Crippen molar-refractivity contribution in [2.75, 3.05) is 25.9 Å². The zero-order valence-corrected chi connectivity index (χ0v) is 10.8. The van der Waals surface area contributed by atoms with Crippen molar-refractivity contribution in [3.05, 3.63) is 23.8 Å². The number of rotatable bonds is 3. The second-order valence-corrected chi connectivity index (χ2v) is 5.27. The molecule has 0 saturated carbocycles. The van der Waals surface area contributed by atoms with Gasteiger partial charge in [-0.2, -0.15) is 0 Å². The van der Waals surface area contributed by atoms with E-state index >= 15 is 0 Å². The number of ether oxygens (including phenoxy) is 2. The number of hydrogen-bond acceptors (Lipinski definition) is 4. The van der Waals surface area contributed by atoms with E-state index < -0.39 is 0 Å². The molecule has 2 aliphatic rings. The Kier molecular flexibility index (Phi) is 3.14. The summed E-state index contributed by atoms with van der Waals surface area (Å²) in [7, 11) is 1.67. The second kappa shape index (κ2) is 4.78. The maximum Gasteiger partial charge on any atom is 0.121 e. The molecule has 0 amide bonds. The minimum atomic E-state index is 0.437. The summed E-state index contributed by atoms with van der Waals surface area (Å²) >= 11 is 0. The Labute approximate surface area is 108 Å². The number of fused-ring (bicyclic) bond motifs is 2. The highest BCUT2D eigenvalue weighted by Gasteiger charge is 2.33. The third-order valence-electron chi connectivity index (χ3n) is 3.75. The first kappa shape index (κ1) is 11.8. The van der Waals surface area contributed by atoms with Gasteiger partial charge in [-0.25, -0.2) is 0 Å². The van der Waals surface area contributed by atoms with Crippen LogP contribution in [-0.2, 0) is 11.3 Å². The molecule has 3 rings (SSSR count). The Morgan fingerprint density at radius 1 is 1.28 bits per heavy atom. The van der Waals surface area contributed by atoms with Crippen molar-refractivity contribution in [2.24, 2.45) is 0 Å². The molecular weight excluding hydrogens is 228 g/mol. The summed E-state index contributed by atoms with van der Waals surface area (Å²) in [5.74, 6) is 0.834. The van der Waals surface area contributed by atoms with Gasteiger partial charge in [0.1, 0.15) is 5.75 Å². The van der Waals surface area contributed by atoms with Gasteiger partial charge in [0.15, 0.2) is 0 Å². The SMILES string of the molecule is COc1cc(N)cc(CN2CC3CCC(C2)O3)c1. The van der Waals surface area contributed by atoms with Gasteiger partial charge in [0.25, 0.3) is 0 Å². The lowest BCUT2D eigenvalue weighted by molar-refractivity contribution is -0.0410. The molecule has 2 unspecified atom stereocenters. The number of benzene rings is 1. The number of likely N-dealkylation sites (tertiary alicyclic amines) is 1. The van der Waals surface area contributed by atoms with Crippen LogP contribution in [0.1, 0.15) is 18.4 Å². The van der Waals surface area contributed by atoms with Crippen molar-refractivity contribution in [3.63, 3.8) is 0 Å². The Balaban J connectivity index is 1.70. The minimum Gasteiger partial charge on any atom is -0.497 e. The molecule has 2 heterocycles. The molecule has 2 atom stereocenters. The third kappa shape index (κ3) is 2.44. The largest absolute Gasteiger partial charge is 0.497 e. The standard InChI is InChI=1S/C14H20N2O2/c1-17-14-5-10(4-11(15)6-14)7-16-8-12-2-3-13(9-16)18-12/h4-6,12-13H,2-3,7-9,15H2,1H3. The topological polar surface area (TPSA) is 47.7 Å². The molecule has 2 saturated heterocycles. The Bertz CT molecular complexity index is 424. The van der Waals surface area contributed by atoms with Crippen LogP contribution in [0.15, 0.2) is 18.2 Å². The van der Waals surface area contributed by atoms with Crippen molar-refractivity contribution < 1.29 is 9.47 Å². The van der Waals surface area contributed by atoms with Crippen molar-refractivity contribution in [3.8, 4) is 5.75 Å². The first-order valence-electron chi connectivity index (χ1n) is 6.54. The lowest BCUT2D eigenvalue weighted by Crippen LogP contribution is -2.41. The van der Waals surface area contributed by atoms with Gasteiger partial charge in [0.2, 0.25) is 0 Å². The maximum atomic E-state index is 5.88. The fraction of sp³-hybridized carbons (Fsp3) is 0.571. The van der Waals surface area contributed by atoms with Crippen LogP contribution in [-0.4, -0.2) is 37.3 Å². The van der Waals surface area contributed by atoms with Crippen LogP contribution in [0.3, 0.4) is 0 Å². The lowest BCUT2D eigenvalue weighted by Gasteiger charge is -2.32. The number of nitrogen functional groups attached to an aromatic ring is 1. The highest BCUT2D eigenvalue weighted by molar-refractivity contribution is 5.47. The van der Waals surface area contributed by atoms with Gasteiger partial charge in [0, 0.05) is 31.4 Å². The maximum absolute atomic E-state index is 5.88. The summed E-state index contributed by atoms with van der Waals surface area (Å²) in [5.41, 5.74) is 7.86. The van der Waals surface area contributed by atoms with E-state index in [2.05, 4.69) is 11.0 Å². The number of methoxy groups -OCH3 is 1. The Hall–Kier alpha value is -1.26. The monoisotopic (exact) mass is 248 g/mol. The molecule has 98 valence electrons.